The molecule has 35 heavy (non-hydrogen) atoms. The van der Waals surface area contributed by atoms with Gasteiger partial charge in [0.1, 0.15) is 12.7 Å². The quantitative estimate of drug-likeness (QED) is 0.147. The summed E-state index contributed by atoms with van der Waals surface area (Å²) in [6, 6.07) is 0. The summed E-state index contributed by atoms with van der Waals surface area (Å²) in [6.07, 6.45) is -5.97. The van der Waals surface area contributed by atoms with Gasteiger partial charge in [0.15, 0.2) is 24.6 Å². The molecule has 198 valence electrons. The van der Waals surface area contributed by atoms with E-state index in [2.05, 4.69) is 11.3 Å². The highest BCUT2D eigenvalue weighted by molar-refractivity contribution is 7.99. The van der Waals surface area contributed by atoms with Crippen LogP contribution in [0, 0.1) is 0 Å². The van der Waals surface area contributed by atoms with Gasteiger partial charge >= 0.3 is 29.8 Å². The average molecular weight is 521 g/mol. The molecule has 0 N–H and O–H groups in total. The monoisotopic (exact) mass is 520 g/mol. The van der Waals surface area contributed by atoms with Crippen LogP contribution in [0.2, 0.25) is 0 Å². The zero-order chi connectivity index (χ0) is 26.5. The van der Waals surface area contributed by atoms with Gasteiger partial charge in [0.05, 0.1) is 20.1 Å². The molecule has 1 heterocycles. The number of carbonyl (C=O) groups is 5. The van der Waals surface area contributed by atoms with E-state index >= 15 is 0 Å². The Labute approximate surface area is 207 Å². The lowest BCUT2D eigenvalue weighted by molar-refractivity contribution is -0.306. The third-order valence-electron chi connectivity index (χ3n) is 4.38. The van der Waals surface area contributed by atoms with Gasteiger partial charge in [-0.25, -0.2) is 0 Å². The van der Waals surface area contributed by atoms with E-state index in [9.17, 15) is 24.0 Å². The fourth-order valence-electron chi connectivity index (χ4n) is 3.04. The molecule has 13 heteroatoms. The molecule has 1 rings (SSSR count). The van der Waals surface area contributed by atoms with Crippen molar-refractivity contribution in [3.8, 4) is 0 Å². The molecule has 1 saturated heterocycles. The smallest absolute Gasteiger partial charge is 0.306 e. The van der Waals surface area contributed by atoms with Crippen molar-refractivity contribution in [3.63, 3.8) is 0 Å². The number of hydrogen-bond donors (Lipinski definition) is 0. The molecule has 5 atom stereocenters. The number of carbonyl (C=O) groups excluding carboxylic acids is 5. The van der Waals surface area contributed by atoms with Crippen LogP contribution in [0.3, 0.4) is 0 Å². The van der Waals surface area contributed by atoms with Gasteiger partial charge in [0, 0.05) is 39.2 Å². The molecule has 0 radical (unpaired) electrons. The summed E-state index contributed by atoms with van der Waals surface area (Å²) in [5.74, 6) is -2.13. The van der Waals surface area contributed by atoms with Crippen LogP contribution in [-0.2, 0) is 57.1 Å². The summed E-state index contributed by atoms with van der Waals surface area (Å²) in [6.45, 7) is 8.14. The zero-order valence-corrected chi connectivity index (χ0v) is 21.3. The summed E-state index contributed by atoms with van der Waals surface area (Å²) < 4.78 is 37.2. The molecule has 0 amide bonds. The van der Waals surface area contributed by atoms with Gasteiger partial charge in [-0.05, 0) is 5.57 Å². The fraction of sp³-hybridized carbons (Fsp3) is 0.682. The Morgan fingerprint density at radius 3 is 1.97 bits per heavy atom. The fourth-order valence-corrected chi connectivity index (χ4v) is 3.87. The van der Waals surface area contributed by atoms with E-state index in [0.29, 0.717) is 17.1 Å². The second kappa shape index (κ2) is 15.4. The summed E-state index contributed by atoms with van der Waals surface area (Å²) >= 11 is 1.44. The molecule has 0 saturated carbocycles. The minimum atomic E-state index is -1.30. The van der Waals surface area contributed by atoms with Crippen molar-refractivity contribution >= 4 is 41.6 Å². The average Bonchev–Trinajstić information content (AvgIpc) is 2.76. The highest BCUT2D eigenvalue weighted by Crippen LogP contribution is 2.30. The molecule has 0 spiro atoms. The van der Waals surface area contributed by atoms with Gasteiger partial charge in [-0.1, -0.05) is 6.58 Å². The Kier molecular flexibility index (Phi) is 13.3. The molecule has 1 aliphatic rings. The summed E-state index contributed by atoms with van der Waals surface area (Å²) in [5, 5.41) is 0. The lowest BCUT2D eigenvalue weighted by Crippen LogP contribution is -2.63. The van der Waals surface area contributed by atoms with Gasteiger partial charge < -0.3 is 33.2 Å². The third-order valence-corrected chi connectivity index (χ3v) is 5.49. The Morgan fingerprint density at radius 2 is 1.43 bits per heavy atom. The SMILES string of the molecule is C=C(CO[C@H]1O[C@H](COC(C)=O)[C@@H](OC(C)=O)[C@H](OC(C)=O)[C@H]1OC(C)=O)CSCCC(=O)OC. The topological polar surface area (TPSA) is 150 Å². The molecule has 0 aromatic carbocycles. The molecular formula is C22H32O12S. The highest BCUT2D eigenvalue weighted by atomic mass is 32.2. The van der Waals surface area contributed by atoms with Gasteiger partial charge in [-0.2, -0.15) is 11.8 Å². The number of esters is 5. The second-order valence-corrected chi connectivity index (χ2v) is 8.61. The van der Waals surface area contributed by atoms with Crippen LogP contribution in [0.5, 0.6) is 0 Å². The molecular weight excluding hydrogens is 488 g/mol. The second-order valence-electron chi connectivity index (χ2n) is 7.51. The first-order valence-corrected chi connectivity index (χ1v) is 11.8. The third kappa shape index (κ3) is 11.6. The molecule has 0 aromatic heterocycles. The normalized spacial score (nSPS) is 23.5. The van der Waals surface area contributed by atoms with Crippen molar-refractivity contribution in [2.45, 2.75) is 64.8 Å². The van der Waals surface area contributed by atoms with E-state index in [1.165, 1.54) is 25.8 Å². The first kappa shape index (κ1) is 30.4. The van der Waals surface area contributed by atoms with Gasteiger partial charge in [-0.3, -0.25) is 24.0 Å². The zero-order valence-electron chi connectivity index (χ0n) is 20.4. The van der Waals surface area contributed by atoms with Crippen LogP contribution in [0.15, 0.2) is 12.2 Å². The molecule has 1 fully saturated rings. The van der Waals surface area contributed by atoms with Crippen molar-refractivity contribution < 1.29 is 57.1 Å². The number of thioether (sulfide) groups is 1. The van der Waals surface area contributed by atoms with E-state index in [4.69, 9.17) is 28.4 Å². The lowest BCUT2D eigenvalue weighted by Gasteiger charge is -2.44. The van der Waals surface area contributed by atoms with Crippen molar-refractivity contribution in [1.29, 1.82) is 0 Å². The van der Waals surface area contributed by atoms with E-state index in [1.54, 1.807) is 0 Å². The Hall–Kier alpha value is -2.64. The van der Waals surface area contributed by atoms with Crippen LogP contribution in [-0.4, -0.2) is 92.4 Å². The van der Waals surface area contributed by atoms with Crippen molar-refractivity contribution in [2.75, 3.05) is 31.8 Å². The molecule has 1 aliphatic heterocycles. The first-order valence-electron chi connectivity index (χ1n) is 10.7. The molecule has 0 bridgehead atoms. The van der Waals surface area contributed by atoms with E-state index < -0.39 is 54.6 Å². The Balaban J connectivity index is 3.03. The van der Waals surface area contributed by atoms with Crippen LogP contribution < -0.4 is 0 Å². The number of ether oxygens (including phenoxy) is 7. The van der Waals surface area contributed by atoms with Crippen molar-refractivity contribution in [1.82, 2.24) is 0 Å². The summed E-state index contributed by atoms with van der Waals surface area (Å²) in [5.41, 5.74) is 0.632. The van der Waals surface area contributed by atoms with Gasteiger partial charge in [0.2, 0.25) is 0 Å². The minimum absolute atomic E-state index is 0.0288. The molecule has 0 aliphatic carbocycles. The van der Waals surface area contributed by atoms with Crippen LogP contribution in [0.25, 0.3) is 0 Å². The van der Waals surface area contributed by atoms with Crippen molar-refractivity contribution in [2.24, 2.45) is 0 Å². The van der Waals surface area contributed by atoms with Crippen LogP contribution >= 0.6 is 11.8 Å². The number of methoxy groups -OCH3 is 1. The first-order chi connectivity index (χ1) is 16.4. The van der Waals surface area contributed by atoms with Crippen LogP contribution in [0.1, 0.15) is 34.1 Å². The molecule has 12 nitrogen and oxygen atoms in total. The largest absolute Gasteiger partial charge is 0.469 e. The standard InChI is InChI=1S/C22H32O12S/c1-12(11-35-8-7-18(27)28-6)9-30-22-21(33-16(5)26)20(32-15(4)25)19(31-14(3)24)17(34-22)10-29-13(2)23/h17,19-22H,1,7-11H2,2-6H3/t17-,19-,20+,21-,22+/m1/s1. The number of rotatable bonds is 13. The maximum absolute atomic E-state index is 11.8. The minimum Gasteiger partial charge on any atom is -0.469 e. The predicted octanol–water partition coefficient (Wildman–Crippen LogP) is 0.939. The highest BCUT2D eigenvalue weighted by Gasteiger charge is 2.52. The van der Waals surface area contributed by atoms with Crippen LogP contribution in [0.4, 0.5) is 0 Å². The van der Waals surface area contributed by atoms with Crippen molar-refractivity contribution in [3.05, 3.63) is 12.2 Å². The van der Waals surface area contributed by atoms with E-state index in [1.807, 2.05) is 0 Å². The maximum Gasteiger partial charge on any atom is 0.306 e. The lowest BCUT2D eigenvalue weighted by atomic mass is 9.98. The summed E-state index contributed by atoms with van der Waals surface area (Å²) in [7, 11) is 1.31. The van der Waals surface area contributed by atoms with E-state index in [-0.39, 0.29) is 25.6 Å². The summed E-state index contributed by atoms with van der Waals surface area (Å²) in [4.78, 5) is 57.9. The Bertz CT molecular complexity index is 782. The Morgan fingerprint density at radius 1 is 0.857 bits per heavy atom. The van der Waals surface area contributed by atoms with Gasteiger partial charge in [-0.15, -0.1) is 0 Å². The molecule has 0 unspecified atom stereocenters. The maximum atomic E-state index is 11.8. The predicted molar refractivity (Wildman–Crippen MR) is 121 cm³/mol. The molecule has 0 aromatic rings. The number of hydrogen-bond acceptors (Lipinski definition) is 13. The van der Waals surface area contributed by atoms with E-state index in [0.717, 1.165) is 20.8 Å². The van der Waals surface area contributed by atoms with Gasteiger partial charge in [0.25, 0.3) is 0 Å².